The molecule has 1 aliphatic carbocycles. The van der Waals surface area contributed by atoms with Gasteiger partial charge in [-0.25, -0.2) is 15.0 Å². The summed E-state index contributed by atoms with van der Waals surface area (Å²) in [7, 11) is 0. The van der Waals surface area contributed by atoms with Crippen LogP contribution in [-0.4, -0.2) is 27.4 Å². The summed E-state index contributed by atoms with van der Waals surface area (Å²) in [4.78, 5) is 25.8. The Balaban J connectivity index is 1.67. The molecule has 0 bridgehead atoms. The van der Waals surface area contributed by atoms with Crippen LogP contribution in [0.5, 0.6) is 0 Å². The third-order valence-electron chi connectivity index (χ3n) is 3.69. The third-order valence-corrected chi connectivity index (χ3v) is 4.84. The number of amides is 1. The number of thiazole rings is 1. The first-order valence-electron chi connectivity index (χ1n) is 7.42. The van der Waals surface area contributed by atoms with E-state index in [9.17, 15) is 4.79 Å². The molecule has 1 N–H and O–H groups in total. The predicted molar refractivity (Wildman–Crippen MR) is 86.7 cm³/mol. The van der Waals surface area contributed by atoms with Crippen LogP contribution in [0.25, 0.3) is 10.8 Å². The molecule has 1 aliphatic rings. The van der Waals surface area contributed by atoms with Gasteiger partial charge in [0, 0.05) is 18.9 Å². The molecule has 0 saturated carbocycles. The van der Waals surface area contributed by atoms with Gasteiger partial charge in [0.25, 0.3) is 5.91 Å². The highest BCUT2D eigenvalue weighted by Crippen LogP contribution is 2.25. The molecule has 1 unspecified atom stereocenters. The number of hydrogen-bond acceptors (Lipinski definition) is 5. The molecule has 5 nitrogen and oxygen atoms in total. The molecule has 1 amide bonds. The Morgan fingerprint density at radius 1 is 1.36 bits per heavy atom. The van der Waals surface area contributed by atoms with Gasteiger partial charge in [-0.3, -0.25) is 4.79 Å². The molecule has 2 aromatic heterocycles. The molecular weight excluding hydrogens is 296 g/mol. The first-order chi connectivity index (χ1) is 10.7. The van der Waals surface area contributed by atoms with Crippen LogP contribution in [-0.2, 0) is 0 Å². The molecule has 2 aromatic rings. The van der Waals surface area contributed by atoms with Crippen molar-refractivity contribution in [2.75, 3.05) is 6.54 Å². The Morgan fingerprint density at radius 2 is 2.18 bits per heavy atom. The van der Waals surface area contributed by atoms with Crippen LogP contribution in [0.3, 0.4) is 0 Å². The van der Waals surface area contributed by atoms with E-state index in [0.29, 0.717) is 21.6 Å². The maximum atomic E-state index is 12.4. The van der Waals surface area contributed by atoms with E-state index in [1.165, 1.54) is 11.3 Å². The van der Waals surface area contributed by atoms with Gasteiger partial charge in [-0.05, 0) is 38.2 Å². The number of allylic oxidation sites excluding steroid dienone is 2. The van der Waals surface area contributed by atoms with E-state index in [-0.39, 0.29) is 5.91 Å². The molecule has 0 radical (unpaired) electrons. The van der Waals surface area contributed by atoms with Crippen molar-refractivity contribution >= 4 is 17.2 Å². The highest BCUT2D eigenvalue weighted by Gasteiger charge is 2.18. The van der Waals surface area contributed by atoms with Gasteiger partial charge in [-0.15, -0.1) is 11.3 Å². The molecule has 0 aromatic carbocycles. The standard InChI is InChI=1S/C16H18N4OS/c1-11-13(15(21)19-10-12-6-3-2-4-7-12)22-16(20-11)14-17-8-5-9-18-14/h2-3,5,8-9,12H,4,6-7,10H2,1H3,(H,19,21). The maximum Gasteiger partial charge on any atom is 0.263 e. The van der Waals surface area contributed by atoms with Crippen molar-refractivity contribution in [3.8, 4) is 10.8 Å². The van der Waals surface area contributed by atoms with Crippen molar-refractivity contribution in [2.24, 2.45) is 5.92 Å². The summed E-state index contributed by atoms with van der Waals surface area (Å²) in [5.74, 6) is 1.05. The summed E-state index contributed by atoms with van der Waals surface area (Å²) in [5, 5.41) is 3.72. The molecule has 114 valence electrons. The van der Waals surface area contributed by atoms with Crippen LogP contribution in [0.15, 0.2) is 30.6 Å². The Morgan fingerprint density at radius 3 is 2.91 bits per heavy atom. The van der Waals surface area contributed by atoms with Gasteiger partial charge < -0.3 is 5.32 Å². The highest BCUT2D eigenvalue weighted by atomic mass is 32.1. The molecule has 0 fully saturated rings. The third kappa shape index (κ3) is 3.39. The fraction of sp³-hybridized carbons (Fsp3) is 0.375. The lowest BCUT2D eigenvalue weighted by molar-refractivity contribution is 0.0949. The van der Waals surface area contributed by atoms with Crippen LogP contribution < -0.4 is 5.32 Å². The van der Waals surface area contributed by atoms with E-state index in [1.54, 1.807) is 18.5 Å². The number of carbonyl (C=O) groups is 1. The molecule has 22 heavy (non-hydrogen) atoms. The first-order valence-corrected chi connectivity index (χ1v) is 8.23. The Labute approximate surface area is 133 Å². The SMILES string of the molecule is Cc1nc(-c2ncccn2)sc1C(=O)NCC1CC=CCC1. The van der Waals surface area contributed by atoms with E-state index < -0.39 is 0 Å². The molecule has 6 heteroatoms. The van der Waals surface area contributed by atoms with Crippen LogP contribution in [0, 0.1) is 12.8 Å². The number of nitrogens with one attached hydrogen (secondary N) is 1. The molecule has 2 heterocycles. The van der Waals surface area contributed by atoms with Crippen LogP contribution >= 0.6 is 11.3 Å². The van der Waals surface area contributed by atoms with Gasteiger partial charge in [-0.2, -0.15) is 0 Å². The van der Waals surface area contributed by atoms with Gasteiger partial charge >= 0.3 is 0 Å². The quantitative estimate of drug-likeness (QED) is 0.881. The fourth-order valence-corrected chi connectivity index (χ4v) is 3.40. The van der Waals surface area contributed by atoms with E-state index >= 15 is 0 Å². The molecule has 0 spiro atoms. The number of nitrogens with zero attached hydrogens (tertiary/aromatic N) is 3. The van der Waals surface area contributed by atoms with Crippen molar-refractivity contribution in [1.29, 1.82) is 0 Å². The maximum absolute atomic E-state index is 12.4. The summed E-state index contributed by atoms with van der Waals surface area (Å²) >= 11 is 1.35. The number of carbonyl (C=O) groups excluding carboxylic acids is 1. The summed E-state index contributed by atoms with van der Waals surface area (Å²) in [5.41, 5.74) is 0.730. The molecular formula is C16H18N4OS. The topological polar surface area (TPSA) is 67.8 Å². The average molecular weight is 314 g/mol. The second-order valence-corrected chi connectivity index (χ2v) is 6.37. The molecule has 0 saturated heterocycles. The average Bonchev–Trinajstić information content (AvgIpc) is 2.96. The summed E-state index contributed by atoms with van der Waals surface area (Å²) < 4.78 is 0. The van der Waals surface area contributed by atoms with E-state index in [0.717, 1.165) is 31.5 Å². The monoisotopic (exact) mass is 314 g/mol. The van der Waals surface area contributed by atoms with Crippen molar-refractivity contribution in [3.05, 3.63) is 41.2 Å². The lowest BCUT2D eigenvalue weighted by Crippen LogP contribution is -2.29. The highest BCUT2D eigenvalue weighted by molar-refractivity contribution is 7.17. The fourth-order valence-electron chi connectivity index (χ4n) is 2.47. The largest absolute Gasteiger partial charge is 0.351 e. The van der Waals surface area contributed by atoms with Gasteiger partial charge in [0.2, 0.25) is 0 Å². The van der Waals surface area contributed by atoms with Gasteiger partial charge in [0.1, 0.15) is 4.88 Å². The molecule has 3 rings (SSSR count). The lowest BCUT2D eigenvalue weighted by Gasteiger charge is -2.17. The Bertz CT molecular complexity index is 681. The van der Waals surface area contributed by atoms with E-state index in [1.807, 2.05) is 6.92 Å². The van der Waals surface area contributed by atoms with Gasteiger partial charge in [0.05, 0.1) is 5.69 Å². The lowest BCUT2D eigenvalue weighted by atomic mass is 9.94. The number of aryl methyl sites for hydroxylation is 1. The Hall–Kier alpha value is -2.08. The summed E-state index contributed by atoms with van der Waals surface area (Å²) in [6, 6.07) is 1.76. The molecule has 0 aliphatic heterocycles. The van der Waals surface area contributed by atoms with Crippen LogP contribution in [0.1, 0.15) is 34.6 Å². The van der Waals surface area contributed by atoms with Crippen molar-refractivity contribution in [3.63, 3.8) is 0 Å². The second kappa shape index (κ2) is 6.79. The number of hydrogen-bond donors (Lipinski definition) is 1. The Kier molecular flexibility index (Phi) is 4.58. The normalized spacial score (nSPS) is 17.4. The van der Waals surface area contributed by atoms with Gasteiger partial charge in [0.15, 0.2) is 10.8 Å². The zero-order valence-electron chi connectivity index (χ0n) is 12.5. The zero-order chi connectivity index (χ0) is 15.4. The van der Waals surface area contributed by atoms with Crippen molar-refractivity contribution in [1.82, 2.24) is 20.3 Å². The summed E-state index contributed by atoms with van der Waals surface area (Å²) in [6.07, 6.45) is 11.0. The smallest absolute Gasteiger partial charge is 0.263 e. The zero-order valence-corrected chi connectivity index (χ0v) is 13.3. The minimum Gasteiger partial charge on any atom is -0.351 e. The minimum atomic E-state index is -0.0493. The van der Waals surface area contributed by atoms with E-state index in [2.05, 4.69) is 32.4 Å². The number of rotatable bonds is 4. The van der Waals surface area contributed by atoms with E-state index in [4.69, 9.17) is 0 Å². The predicted octanol–water partition coefficient (Wildman–Crippen LogP) is 2.99. The van der Waals surface area contributed by atoms with Crippen LogP contribution in [0.4, 0.5) is 0 Å². The minimum absolute atomic E-state index is 0.0493. The summed E-state index contributed by atoms with van der Waals surface area (Å²) in [6.45, 7) is 2.57. The van der Waals surface area contributed by atoms with Crippen LogP contribution in [0.2, 0.25) is 0 Å². The van der Waals surface area contributed by atoms with Crippen molar-refractivity contribution < 1.29 is 4.79 Å². The van der Waals surface area contributed by atoms with Gasteiger partial charge in [-0.1, -0.05) is 12.2 Å². The van der Waals surface area contributed by atoms with Crippen molar-refractivity contribution in [2.45, 2.75) is 26.2 Å². The second-order valence-electron chi connectivity index (χ2n) is 5.37. The molecule has 1 atom stereocenters. The number of aromatic nitrogens is 3. The first kappa shape index (κ1) is 14.8.